The fourth-order valence-electron chi connectivity index (χ4n) is 2.87. The van der Waals surface area contributed by atoms with Gasteiger partial charge in [0.1, 0.15) is 12.0 Å². The number of hydrogen-bond donors (Lipinski definition) is 1. The molecule has 6 heteroatoms. The van der Waals surface area contributed by atoms with Crippen LogP contribution in [-0.4, -0.2) is 42.8 Å². The molecule has 1 aliphatic heterocycles. The standard InChI is InChI=1S/C17H23N5O/c1-3-22(14-6-4-5-13(2)11-14)17-15(18)16(19-12-20-17)21-7-9-23-10-8-21/h4-6,11-12H,3,7-10,18H2,1-2H3. The Morgan fingerprint density at radius 2 is 2.04 bits per heavy atom. The summed E-state index contributed by atoms with van der Waals surface area (Å²) in [6.45, 7) is 7.97. The van der Waals surface area contributed by atoms with Gasteiger partial charge in [-0.25, -0.2) is 9.97 Å². The Morgan fingerprint density at radius 3 is 2.74 bits per heavy atom. The first-order valence-corrected chi connectivity index (χ1v) is 7.98. The molecule has 23 heavy (non-hydrogen) atoms. The van der Waals surface area contributed by atoms with Gasteiger partial charge in [0, 0.05) is 25.3 Å². The lowest BCUT2D eigenvalue weighted by Crippen LogP contribution is -2.37. The number of nitrogen functional groups attached to an aromatic ring is 1. The van der Waals surface area contributed by atoms with E-state index in [4.69, 9.17) is 10.5 Å². The van der Waals surface area contributed by atoms with E-state index in [-0.39, 0.29) is 0 Å². The molecule has 6 nitrogen and oxygen atoms in total. The lowest BCUT2D eigenvalue weighted by Gasteiger charge is -2.30. The second kappa shape index (κ2) is 6.83. The summed E-state index contributed by atoms with van der Waals surface area (Å²) in [5.74, 6) is 1.55. The van der Waals surface area contributed by atoms with Crippen LogP contribution >= 0.6 is 0 Å². The van der Waals surface area contributed by atoms with Gasteiger partial charge >= 0.3 is 0 Å². The maximum Gasteiger partial charge on any atom is 0.161 e. The van der Waals surface area contributed by atoms with Crippen LogP contribution in [0.1, 0.15) is 12.5 Å². The summed E-state index contributed by atoms with van der Waals surface area (Å²) >= 11 is 0. The molecule has 2 aromatic rings. The number of aryl methyl sites for hydroxylation is 1. The molecular weight excluding hydrogens is 290 g/mol. The van der Waals surface area contributed by atoms with E-state index in [1.54, 1.807) is 6.33 Å². The number of benzene rings is 1. The maximum absolute atomic E-state index is 6.42. The summed E-state index contributed by atoms with van der Waals surface area (Å²) in [6, 6.07) is 8.35. The first-order chi connectivity index (χ1) is 11.2. The second-order valence-electron chi connectivity index (χ2n) is 5.62. The van der Waals surface area contributed by atoms with Crippen molar-refractivity contribution in [1.82, 2.24) is 9.97 Å². The lowest BCUT2D eigenvalue weighted by molar-refractivity contribution is 0.122. The average molecular weight is 313 g/mol. The molecule has 1 aromatic heterocycles. The molecule has 3 rings (SSSR count). The van der Waals surface area contributed by atoms with Crippen LogP contribution < -0.4 is 15.5 Å². The van der Waals surface area contributed by atoms with Crippen molar-refractivity contribution in [3.05, 3.63) is 36.2 Å². The summed E-state index contributed by atoms with van der Waals surface area (Å²) in [6.07, 6.45) is 1.59. The Hall–Kier alpha value is -2.34. The summed E-state index contributed by atoms with van der Waals surface area (Å²) in [4.78, 5) is 13.1. The van der Waals surface area contributed by atoms with Gasteiger partial charge in [0.2, 0.25) is 0 Å². The summed E-state index contributed by atoms with van der Waals surface area (Å²) in [5, 5.41) is 0. The molecule has 0 amide bonds. The fraction of sp³-hybridized carbons (Fsp3) is 0.412. The van der Waals surface area contributed by atoms with E-state index >= 15 is 0 Å². The SMILES string of the molecule is CCN(c1cccc(C)c1)c1ncnc(N2CCOCC2)c1N. The average Bonchev–Trinajstić information content (AvgIpc) is 2.58. The third kappa shape index (κ3) is 3.22. The first-order valence-electron chi connectivity index (χ1n) is 7.98. The Bertz CT molecular complexity index is 670. The summed E-state index contributed by atoms with van der Waals surface area (Å²) in [5.41, 5.74) is 9.34. The minimum Gasteiger partial charge on any atom is -0.393 e. The Morgan fingerprint density at radius 1 is 1.26 bits per heavy atom. The molecule has 122 valence electrons. The van der Waals surface area contributed by atoms with Gasteiger partial charge in [0.25, 0.3) is 0 Å². The smallest absolute Gasteiger partial charge is 0.161 e. The number of aromatic nitrogens is 2. The highest BCUT2D eigenvalue weighted by Crippen LogP contribution is 2.33. The van der Waals surface area contributed by atoms with E-state index in [0.29, 0.717) is 18.9 Å². The monoisotopic (exact) mass is 313 g/mol. The van der Waals surface area contributed by atoms with Crippen LogP contribution in [0.2, 0.25) is 0 Å². The van der Waals surface area contributed by atoms with Crippen LogP contribution in [0.3, 0.4) is 0 Å². The van der Waals surface area contributed by atoms with Gasteiger partial charge in [-0.2, -0.15) is 0 Å². The normalized spacial score (nSPS) is 14.8. The van der Waals surface area contributed by atoms with Gasteiger partial charge in [0.05, 0.1) is 13.2 Å². The highest BCUT2D eigenvalue weighted by molar-refractivity contribution is 5.79. The third-order valence-electron chi connectivity index (χ3n) is 4.04. The third-order valence-corrected chi connectivity index (χ3v) is 4.04. The van der Waals surface area contributed by atoms with Crippen molar-refractivity contribution in [2.45, 2.75) is 13.8 Å². The molecule has 1 fully saturated rings. The minimum atomic E-state index is 0.623. The zero-order chi connectivity index (χ0) is 16.2. The number of ether oxygens (including phenoxy) is 1. The van der Waals surface area contributed by atoms with E-state index in [1.807, 2.05) is 6.07 Å². The topological polar surface area (TPSA) is 67.5 Å². The molecule has 2 heterocycles. The number of anilines is 4. The van der Waals surface area contributed by atoms with Gasteiger partial charge in [0.15, 0.2) is 11.6 Å². The molecule has 0 unspecified atom stereocenters. The number of nitrogens with zero attached hydrogens (tertiary/aromatic N) is 4. The molecular formula is C17H23N5O. The zero-order valence-corrected chi connectivity index (χ0v) is 13.7. The van der Waals surface area contributed by atoms with E-state index in [9.17, 15) is 0 Å². The van der Waals surface area contributed by atoms with E-state index < -0.39 is 0 Å². The molecule has 1 saturated heterocycles. The van der Waals surface area contributed by atoms with Gasteiger partial charge in [-0.3, -0.25) is 0 Å². The van der Waals surface area contributed by atoms with Crippen molar-refractivity contribution in [2.24, 2.45) is 0 Å². The van der Waals surface area contributed by atoms with E-state index in [2.05, 4.69) is 51.8 Å². The molecule has 0 saturated carbocycles. The Balaban J connectivity index is 1.97. The molecule has 1 aliphatic rings. The molecule has 0 radical (unpaired) electrons. The van der Waals surface area contributed by atoms with Crippen molar-refractivity contribution < 1.29 is 4.74 Å². The highest BCUT2D eigenvalue weighted by atomic mass is 16.5. The Labute approximate surface area is 136 Å². The quantitative estimate of drug-likeness (QED) is 0.934. The summed E-state index contributed by atoms with van der Waals surface area (Å²) < 4.78 is 5.41. The lowest BCUT2D eigenvalue weighted by atomic mass is 10.2. The number of hydrogen-bond acceptors (Lipinski definition) is 6. The summed E-state index contributed by atoms with van der Waals surface area (Å²) in [7, 11) is 0. The molecule has 1 aromatic carbocycles. The largest absolute Gasteiger partial charge is 0.393 e. The predicted molar refractivity (Wildman–Crippen MR) is 93.3 cm³/mol. The predicted octanol–water partition coefficient (Wildman–Crippen LogP) is 2.36. The minimum absolute atomic E-state index is 0.623. The van der Waals surface area contributed by atoms with Gasteiger partial charge < -0.3 is 20.3 Å². The fourth-order valence-corrected chi connectivity index (χ4v) is 2.87. The zero-order valence-electron chi connectivity index (χ0n) is 13.7. The van der Waals surface area contributed by atoms with Crippen molar-refractivity contribution in [3.8, 4) is 0 Å². The molecule has 0 spiro atoms. The van der Waals surface area contributed by atoms with Crippen molar-refractivity contribution in [2.75, 3.05) is 48.4 Å². The van der Waals surface area contributed by atoms with Crippen LogP contribution in [0.5, 0.6) is 0 Å². The van der Waals surface area contributed by atoms with E-state index in [0.717, 1.165) is 37.0 Å². The van der Waals surface area contributed by atoms with Crippen LogP contribution in [0, 0.1) is 6.92 Å². The van der Waals surface area contributed by atoms with Crippen LogP contribution in [0.15, 0.2) is 30.6 Å². The second-order valence-corrected chi connectivity index (χ2v) is 5.62. The van der Waals surface area contributed by atoms with Crippen molar-refractivity contribution >= 4 is 23.0 Å². The first kappa shape index (κ1) is 15.6. The van der Waals surface area contributed by atoms with Crippen molar-refractivity contribution in [3.63, 3.8) is 0 Å². The molecule has 0 atom stereocenters. The number of rotatable bonds is 4. The van der Waals surface area contributed by atoms with Crippen LogP contribution in [0.4, 0.5) is 23.0 Å². The maximum atomic E-state index is 6.42. The van der Waals surface area contributed by atoms with Gasteiger partial charge in [-0.1, -0.05) is 12.1 Å². The van der Waals surface area contributed by atoms with Crippen LogP contribution in [-0.2, 0) is 4.74 Å². The van der Waals surface area contributed by atoms with Gasteiger partial charge in [-0.05, 0) is 31.5 Å². The van der Waals surface area contributed by atoms with Crippen LogP contribution in [0.25, 0.3) is 0 Å². The Kier molecular flexibility index (Phi) is 4.62. The number of nitrogens with two attached hydrogens (primary N) is 1. The van der Waals surface area contributed by atoms with Crippen molar-refractivity contribution in [1.29, 1.82) is 0 Å². The molecule has 2 N–H and O–H groups in total. The van der Waals surface area contributed by atoms with Gasteiger partial charge in [-0.15, -0.1) is 0 Å². The van der Waals surface area contributed by atoms with E-state index in [1.165, 1.54) is 5.56 Å². The molecule has 0 bridgehead atoms. The number of morpholine rings is 1. The molecule has 0 aliphatic carbocycles. The highest BCUT2D eigenvalue weighted by Gasteiger charge is 2.20.